The Balaban J connectivity index is 2.18. The van der Waals surface area contributed by atoms with Crippen molar-refractivity contribution in [2.45, 2.75) is 19.6 Å². The van der Waals surface area contributed by atoms with Crippen LogP contribution in [0.4, 0.5) is 8.78 Å². The average molecular weight is 342 g/mol. The second-order valence-electron chi connectivity index (χ2n) is 4.50. The third-order valence-electron chi connectivity index (χ3n) is 2.86. The molecule has 20 heavy (non-hydrogen) atoms. The second kappa shape index (κ2) is 6.33. The molecule has 2 aromatic rings. The number of nitrogens with two attached hydrogens (primary N) is 1. The van der Waals surface area contributed by atoms with Gasteiger partial charge in [-0.05, 0) is 37.3 Å². The molecule has 0 saturated heterocycles. The van der Waals surface area contributed by atoms with Crippen LogP contribution in [0.15, 0.2) is 40.9 Å². The summed E-state index contributed by atoms with van der Waals surface area (Å²) >= 11 is 3.28. The minimum atomic E-state index is -0.354. The van der Waals surface area contributed by atoms with E-state index in [-0.39, 0.29) is 24.3 Å². The molecular formula is C15H14BrF2NO. The zero-order chi connectivity index (χ0) is 14.7. The summed E-state index contributed by atoms with van der Waals surface area (Å²) in [6, 6.07) is 8.26. The summed E-state index contributed by atoms with van der Waals surface area (Å²) in [5.74, 6) is -0.149. The summed E-state index contributed by atoms with van der Waals surface area (Å²) in [7, 11) is 0. The number of rotatable bonds is 4. The van der Waals surface area contributed by atoms with Gasteiger partial charge < -0.3 is 10.5 Å². The molecule has 1 atom stereocenters. The summed E-state index contributed by atoms with van der Waals surface area (Å²) < 4.78 is 32.5. The Morgan fingerprint density at radius 2 is 1.80 bits per heavy atom. The van der Waals surface area contributed by atoms with Crippen molar-refractivity contribution in [1.29, 1.82) is 0 Å². The van der Waals surface area contributed by atoms with Crippen LogP contribution < -0.4 is 10.5 Å². The number of ether oxygens (including phenoxy) is 1. The molecule has 0 bridgehead atoms. The second-order valence-corrected chi connectivity index (χ2v) is 5.35. The van der Waals surface area contributed by atoms with Crippen LogP contribution in [0.25, 0.3) is 0 Å². The fraction of sp³-hybridized carbons (Fsp3) is 0.200. The molecule has 0 aromatic heterocycles. The van der Waals surface area contributed by atoms with E-state index in [0.717, 1.165) is 5.56 Å². The third kappa shape index (κ3) is 3.55. The van der Waals surface area contributed by atoms with Crippen molar-refractivity contribution in [1.82, 2.24) is 0 Å². The first-order valence-electron chi connectivity index (χ1n) is 6.09. The summed E-state index contributed by atoms with van der Waals surface area (Å²) in [4.78, 5) is 0. The van der Waals surface area contributed by atoms with Crippen molar-refractivity contribution < 1.29 is 13.5 Å². The van der Waals surface area contributed by atoms with Crippen molar-refractivity contribution >= 4 is 15.9 Å². The SMILES string of the molecule is C[C@H](N)c1cc(F)ccc1OCc1ccc(F)cc1Br. The molecule has 2 aromatic carbocycles. The fourth-order valence-electron chi connectivity index (χ4n) is 1.80. The van der Waals surface area contributed by atoms with Crippen LogP contribution in [0.3, 0.4) is 0 Å². The average Bonchev–Trinajstić information content (AvgIpc) is 2.38. The molecule has 0 radical (unpaired) electrons. The fourth-order valence-corrected chi connectivity index (χ4v) is 2.27. The molecule has 0 spiro atoms. The molecule has 2 N–H and O–H groups in total. The third-order valence-corrected chi connectivity index (χ3v) is 3.60. The standard InChI is InChI=1S/C15H14BrF2NO/c1-9(19)13-6-11(17)4-5-15(13)20-8-10-2-3-12(18)7-14(10)16/h2-7,9H,8,19H2,1H3/t9-/m0/s1. The van der Waals surface area contributed by atoms with E-state index in [1.165, 1.54) is 24.3 Å². The largest absolute Gasteiger partial charge is 0.489 e. The van der Waals surface area contributed by atoms with Gasteiger partial charge in [-0.1, -0.05) is 22.0 Å². The monoisotopic (exact) mass is 341 g/mol. The highest BCUT2D eigenvalue weighted by molar-refractivity contribution is 9.10. The summed E-state index contributed by atoms with van der Waals surface area (Å²) in [6.45, 7) is 2.00. The Bertz CT molecular complexity index is 617. The Hall–Kier alpha value is -1.46. The predicted molar refractivity (Wildman–Crippen MR) is 77.4 cm³/mol. The maximum Gasteiger partial charge on any atom is 0.124 e. The van der Waals surface area contributed by atoms with E-state index in [1.54, 1.807) is 19.1 Å². The lowest BCUT2D eigenvalue weighted by Gasteiger charge is -2.14. The maximum atomic E-state index is 13.2. The Kier molecular flexibility index (Phi) is 4.73. The van der Waals surface area contributed by atoms with Crippen LogP contribution in [0.1, 0.15) is 24.1 Å². The van der Waals surface area contributed by atoms with Crippen LogP contribution in [-0.4, -0.2) is 0 Å². The maximum absolute atomic E-state index is 13.2. The first-order chi connectivity index (χ1) is 9.47. The molecule has 0 saturated carbocycles. The van der Waals surface area contributed by atoms with Crippen molar-refractivity contribution in [3.63, 3.8) is 0 Å². The van der Waals surface area contributed by atoms with Gasteiger partial charge in [0.15, 0.2) is 0 Å². The Morgan fingerprint density at radius 1 is 1.15 bits per heavy atom. The van der Waals surface area contributed by atoms with Crippen LogP contribution >= 0.6 is 15.9 Å². The van der Waals surface area contributed by atoms with Gasteiger partial charge in [0.1, 0.15) is 24.0 Å². The molecule has 0 aliphatic rings. The van der Waals surface area contributed by atoms with E-state index in [4.69, 9.17) is 10.5 Å². The zero-order valence-electron chi connectivity index (χ0n) is 10.9. The van der Waals surface area contributed by atoms with Gasteiger partial charge in [0.25, 0.3) is 0 Å². The quantitative estimate of drug-likeness (QED) is 0.898. The molecule has 0 heterocycles. The van der Waals surface area contributed by atoms with Gasteiger partial charge >= 0.3 is 0 Å². The minimum Gasteiger partial charge on any atom is -0.489 e. The molecular weight excluding hydrogens is 328 g/mol. The number of benzene rings is 2. The lowest BCUT2D eigenvalue weighted by Crippen LogP contribution is -2.08. The minimum absolute atomic E-state index is 0.242. The van der Waals surface area contributed by atoms with Gasteiger partial charge in [-0.25, -0.2) is 8.78 Å². The molecule has 0 amide bonds. The molecule has 0 fully saturated rings. The number of hydrogen-bond donors (Lipinski definition) is 1. The van der Waals surface area contributed by atoms with Crippen LogP contribution in [0.2, 0.25) is 0 Å². The highest BCUT2D eigenvalue weighted by Gasteiger charge is 2.10. The van der Waals surface area contributed by atoms with Crippen LogP contribution in [-0.2, 0) is 6.61 Å². The zero-order valence-corrected chi connectivity index (χ0v) is 12.5. The first kappa shape index (κ1) is 14.9. The van der Waals surface area contributed by atoms with Crippen molar-refractivity contribution in [3.05, 3.63) is 63.6 Å². The molecule has 5 heteroatoms. The Morgan fingerprint density at radius 3 is 2.45 bits per heavy atom. The highest BCUT2D eigenvalue weighted by atomic mass is 79.9. The number of hydrogen-bond acceptors (Lipinski definition) is 2. The molecule has 2 rings (SSSR count). The lowest BCUT2D eigenvalue weighted by atomic mass is 10.1. The molecule has 0 aliphatic heterocycles. The molecule has 0 unspecified atom stereocenters. The van der Waals surface area contributed by atoms with E-state index in [2.05, 4.69) is 15.9 Å². The molecule has 106 valence electrons. The molecule has 0 aliphatic carbocycles. The molecule has 2 nitrogen and oxygen atoms in total. The first-order valence-corrected chi connectivity index (χ1v) is 6.88. The van der Waals surface area contributed by atoms with Gasteiger partial charge in [0.05, 0.1) is 0 Å². The smallest absolute Gasteiger partial charge is 0.124 e. The van der Waals surface area contributed by atoms with Crippen molar-refractivity contribution in [2.24, 2.45) is 5.73 Å². The number of halogens is 3. The normalized spacial score (nSPS) is 12.2. The van der Waals surface area contributed by atoms with E-state index in [9.17, 15) is 8.78 Å². The highest BCUT2D eigenvalue weighted by Crippen LogP contribution is 2.27. The van der Waals surface area contributed by atoms with Gasteiger partial charge in [-0.2, -0.15) is 0 Å². The Labute approximate surface area is 124 Å². The van der Waals surface area contributed by atoms with Crippen molar-refractivity contribution in [2.75, 3.05) is 0 Å². The summed E-state index contributed by atoms with van der Waals surface area (Å²) in [5.41, 5.74) is 7.19. The van der Waals surface area contributed by atoms with E-state index in [1.807, 2.05) is 0 Å². The lowest BCUT2D eigenvalue weighted by molar-refractivity contribution is 0.300. The van der Waals surface area contributed by atoms with Crippen molar-refractivity contribution in [3.8, 4) is 5.75 Å². The van der Waals surface area contributed by atoms with Gasteiger partial charge in [-0.15, -0.1) is 0 Å². The van der Waals surface area contributed by atoms with E-state index in [0.29, 0.717) is 15.8 Å². The summed E-state index contributed by atoms with van der Waals surface area (Å²) in [5, 5.41) is 0. The van der Waals surface area contributed by atoms with Crippen LogP contribution in [0.5, 0.6) is 5.75 Å². The topological polar surface area (TPSA) is 35.2 Å². The predicted octanol–water partition coefficient (Wildman–Crippen LogP) is 4.33. The van der Waals surface area contributed by atoms with Gasteiger partial charge in [-0.3, -0.25) is 0 Å². The van der Waals surface area contributed by atoms with Gasteiger partial charge in [0, 0.05) is 21.6 Å². The van der Waals surface area contributed by atoms with Crippen LogP contribution in [0, 0.1) is 11.6 Å². The summed E-state index contributed by atoms with van der Waals surface area (Å²) in [6.07, 6.45) is 0. The van der Waals surface area contributed by atoms with E-state index < -0.39 is 0 Å². The van der Waals surface area contributed by atoms with Gasteiger partial charge in [0.2, 0.25) is 0 Å². The van der Waals surface area contributed by atoms with E-state index >= 15 is 0 Å².